The third kappa shape index (κ3) is 1.84. The fourth-order valence-corrected chi connectivity index (χ4v) is 1.60. The molecule has 0 aliphatic heterocycles. The lowest BCUT2D eigenvalue weighted by Crippen LogP contribution is -2.33. The number of nitrogens with two attached hydrogens (primary N) is 1. The molecule has 1 aliphatic rings. The topological polar surface area (TPSA) is 56.2 Å². The van der Waals surface area contributed by atoms with Gasteiger partial charge in [0.15, 0.2) is 10.5 Å². The van der Waals surface area contributed by atoms with Gasteiger partial charge in [0.1, 0.15) is 0 Å². The van der Waals surface area contributed by atoms with Crippen molar-refractivity contribution in [3.8, 4) is 0 Å². The molecule has 0 bridgehead atoms. The van der Waals surface area contributed by atoms with Gasteiger partial charge in [-0.3, -0.25) is 4.79 Å². The fraction of sp³-hybridized carbons (Fsp3) is 0.444. The van der Waals surface area contributed by atoms with Gasteiger partial charge in [0, 0.05) is 6.42 Å². The molecule has 1 aromatic heterocycles. The predicted molar refractivity (Wildman–Crippen MR) is 51.3 cm³/mol. The third-order valence-electron chi connectivity index (χ3n) is 2.33. The van der Waals surface area contributed by atoms with Crippen LogP contribution < -0.4 is 5.73 Å². The van der Waals surface area contributed by atoms with E-state index in [0.29, 0.717) is 11.1 Å². The van der Waals surface area contributed by atoms with Crippen molar-refractivity contribution in [1.82, 2.24) is 0 Å². The smallest absolute Gasteiger partial charge is 0.169 e. The maximum atomic E-state index is 11.5. The van der Waals surface area contributed by atoms with E-state index in [0.717, 1.165) is 18.4 Å². The Morgan fingerprint density at radius 2 is 2.38 bits per heavy atom. The van der Waals surface area contributed by atoms with Crippen LogP contribution in [0, 0.1) is 0 Å². The van der Waals surface area contributed by atoms with Gasteiger partial charge in [-0.1, -0.05) is 0 Å². The Bertz CT molecular complexity index is 341. The summed E-state index contributed by atoms with van der Waals surface area (Å²) in [6.45, 7) is 0. The van der Waals surface area contributed by atoms with E-state index in [4.69, 9.17) is 10.2 Å². The van der Waals surface area contributed by atoms with E-state index in [2.05, 4.69) is 15.9 Å². The number of furan rings is 1. The largest absolute Gasteiger partial charge is 0.457 e. The van der Waals surface area contributed by atoms with Crippen LogP contribution in [0.3, 0.4) is 0 Å². The molecule has 1 aromatic rings. The van der Waals surface area contributed by atoms with E-state index in [9.17, 15) is 4.79 Å². The molecule has 0 unspecified atom stereocenters. The van der Waals surface area contributed by atoms with Crippen molar-refractivity contribution in [3.05, 3.63) is 22.6 Å². The first-order valence-electron chi connectivity index (χ1n) is 4.15. The molecule has 0 aromatic carbocycles. The zero-order valence-corrected chi connectivity index (χ0v) is 8.63. The van der Waals surface area contributed by atoms with E-state index in [1.165, 1.54) is 0 Å². The Balaban J connectivity index is 2.02. The van der Waals surface area contributed by atoms with Crippen molar-refractivity contribution in [1.29, 1.82) is 0 Å². The first kappa shape index (κ1) is 8.97. The van der Waals surface area contributed by atoms with Crippen LogP contribution in [0.25, 0.3) is 0 Å². The summed E-state index contributed by atoms with van der Waals surface area (Å²) in [4.78, 5) is 11.5. The number of rotatable bonds is 3. The molecule has 1 aliphatic carbocycles. The monoisotopic (exact) mass is 243 g/mol. The number of hydrogen-bond donors (Lipinski definition) is 1. The average molecular weight is 244 g/mol. The van der Waals surface area contributed by atoms with Crippen molar-refractivity contribution >= 4 is 21.7 Å². The number of carbonyl (C=O) groups excluding carboxylic acids is 1. The molecule has 0 radical (unpaired) electrons. The molecule has 0 atom stereocenters. The summed E-state index contributed by atoms with van der Waals surface area (Å²) in [6, 6.07) is 1.80. The van der Waals surface area contributed by atoms with Gasteiger partial charge in [-0.15, -0.1) is 0 Å². The molecule has 4 heteroatoms. The van der Waals surface area contributed by atoms with Crippen molar-refractivity contribution < 1.29 is 9.21 Å². The molecular formula is C9H10BrNO2. The Labute approximate surface area is 84.4 Å². The van der Waals surface area contributed by atoms with Crippen LogP contribution in [-0.4, -0.2) is 11.3 Å². The predicted octanol–water partition coefficient (Wildman–Crippen LogP) is 1.64. The average Bonchev–Trinajstić information content (AvgIpc) is 2.69. The molecular weight excluding hydrogens is 234 g/mol. The molecule has 1 saturated carbocycles. The zero-order valence-electron chi connectivity index (χ0n) is 7.05. The first-order chi connectivity index (χ1) is 6.10. The SMILES string of the molecule is NC1(C(=O)Cc2coc(Br)c2)CC1. The van der Waals surface area contributed by atoms with E-state index in [1.54, 1.807) is 12.3 Å². The molecule has 13 heavy (non-hydrogen) atoms. The highest BCUT2D eigenvalue weighted by atomic mass is 79.9. The maximum absolute atomic E-state index is 11.5. The number of halogens is 1. The molecule has 3 nitrogen and oxygen atoms in total. The summed E-state index contributed by atoms with van der Waals surface area (Å²) in [5, 5.41) is 0. The van der Waals surface area contributed by atoms with Gasteiger partial charge in [0.2, 0.25) is 0 Å². The summed E-state index contributed by atoms with van der Waals surface area (Å²) >= 11 is 3.18. The van der Waals surface area contributed by atoms with E-state index in [-0.39, 0.29) is 5.78 Å². The molecule has 0 amide bonds. The normalized spacial score (nSPS) is 18.6. The lowest BCUT2D eigenvalue weighted by molar-refractivity contribution is -0.120. The van der Waals surface area contributed by atoms with Gasteiger partial charge in [-0.25, -0.2) is 0 Å². The molecule has 70 valence electrons. The molecule has 1 heterocycles. The van der Waals surface area contributed by atoms with Crippen LogP contribution >= 0.6 is 15.9 Å². The van der Waals surface area contributed by atoms with Gasteiger partial charge >= 0.3 is 0 Å². The summed E-state index contributed by atoms with van der Waals surface area (Å²) in [5.74, 6) is 0.112. The summed E-state index contributed by atoms with van der Waals surface area (Å²) in [6.07, 6.45) is 3.61. The van der Waals surface area contributed by atoms with Crippen molar-refractivity contribution in [3.63, 3.8) is 0 Å². The molecule has 2 rings (SSSR count). The molecule has 0 saturated heterocycles. The minimum atomic E-state index is -0.524. The molecule has 0 spiro atoms. The van der Waals surface area contributed by atoms with Gasteiger partial charge in [0.25, 0.3) is 0 Å². The van der Waals surface area contributed by atoms with Crippen LogP contribution in [-0.2, 0) is 11.2 Å². The van der Waals surface area contributed by atoms with Gasteiger partial charge in [0.05, 0.1) is 11.8 Å². The summed E-state index contributed by atoms with van der Waals surface area (Å²) < 4.78 is 5.67. The van der Waals surface area contributed by atoms with Crippen LogP contribution in [0.1, 0.15) is 18.4 Å². The van der Waals surface area contributed by atoms with Crippen LogP contribution in [0.2, 0.25) is 0 Å². The van der Waals surface area contributed by atoms with Crippen LogP contribution in [0.4, 0.5) is 0 Å². The van der Waals surface area contributed by atoms with E-state index >= 15 is 0 Å². The second-order valence-electron chi connectivity index (χ2n) is 3.52. The van der Waals surface area contributed by atoms with Gasteiger partial charge in [-0.05, 0) is 40.4 Å². The Kier molecular flexibility index (Phi) is 2.04. The zero-order chi connectivity index (χ0) is 9.47. The number of ketones is 1. The molecule has 1 fully saturated rings. The van der Waals surface area contributed by atoms with Gasteiger partial charge < -0.3 is 10.2 Å². The van der Waals surface area contributed by atoms with Gasteiger partial charge in [-0.2, -0.15) is 0 Å². The second kappa shape index (κ2) is 2.96. The Hall–Kier alpha value is -0.610. The Morgan fingerprint density at radius 1 is 1.69 bits per heavy atom. The van der Waals surface area contributed by atoms with Crippen LogP contribution in [0.5, 0.6) is 0 Å². The lowest BCUT2D eigenvalue weighted by atomic mass is 10.1. The summed E-state index contributed by atoms with van der Waals surface area (Å²) in [5.41, 5.74) is 6.11. The molecule has 2 N–H and O–H groups in total. The maximum Gasteiger partial charge on any atom is 0.169 e. The van der Waals surface area contributed by atoms with E-state index in [1.807, 2.05) is 0 Å². The second-order valence-corrected chi connectivity index (χ2v) is 4.30. The number of hydrogen-bond acceptors (Lipinski definition) is 3. The van der Waals surface area contributed by atoms with Crippen molar-refractivity contribution in [2.24, 2.45) is 5.73 Å². The highest BCUT2D eigenvalue weighted by Crippen LogP contribution is 2.34. The summed E-state index contributed by atoms with van der Waals surface area (Å²) in [7, 11) is 0. The third-order valence-corrected chi connectivity index (χ3v) is 2.75. The highest BCUT2D eigenvalue weighted by Gasteiger charge is 2.45. The fourth-order valence-electron chi connectivity index (χ4n) is 1.21. The van der Waals surface area contributed by atoms with Crippen molar-refractivity contribution in [2.45, 2.75) is 24.8 Å². The number of carbonyl (C=O) groups is 1. The van der Waals surface area contributed by atoms with Crippen LogP contribution in [0.15, 0.2) is 21.4 Å². The standard InChI is InChI=1S/C9H10BrNO2/c10-8-4-6(5-13-8)3-7(12)9(11)1-2-9/h4-5H,1-3,11H2. The van der Waals surface area contributed by atoms with Crippen molar-refractivity contribution in [2.75, 3.05) is 0 Å². The minimum Gasteiger partial charge on any atom is -0.457 e. The quantitative estimate of drug-likeness (QED) is 0.879. The highest BCUT2D eigenvalue weighted by molar-refractivity contribution is 9.10. The number of Topliss-reactive ketones (excluding diaryl/α,β-unsaturated/α-hetero) is 1. The minimum absolute atomic E-state index is 0.112. The first-order valence-corrected chi connectivity index (χ1v) is 4.94. The lowest BCUT2D eigenvalue weighted by Gasteiger charge is -2.04. The van der Waals surface area contributed by atoms with E-state index < -0.39 is 5.54 Å². The Morgan fingerprint density at radius 3 is 2.85 bits per heavy atom.